The number of hydrogen-bond donors (Lipinski definition) is 1. The fourth-order valence-corrected chi connectivity index (χ4v) is 2.23. The Bertz CT molecular complexity index is 748. The topological polar surface area (TPSA) is 55.4 Å². The number of imide groups is 1. The molecule has 1 heterocycles. The van der Waals surface area contributed by atoms with Crippen LogP contribution >= 0.6 is 0 Å². The fourth-order valence-electron chi connectivity index (χ4n) is 2.23. The van der Waals surface area contributed by atoms with Crippen LogP contribution in [0.25, 0.3) is 5.57 Å². The summed E-state index contributed by atoms with van der Waals surface area (Å²) in [5.41, 5.74) is 1.50. The Morgan fingerprint density at radius 1 is 0.857 bits per heavy atom. The summed E-state index contributed by atoms with van der Waals surface area (Å²) in [6.07, 6.45) is 0. The molecule has 2 aromatic rings. The largest absolute Gasteiger partial charge is 0.457 e. The van der Waals surface area contributed by atoms with Crippen molar-refractivity contribution in [3.05, 3.63) is 65.7 Å². The second-order valence-corrected chi connectivity index (χ2v) is 4.73. The average Bonchev–Trinajstić information content (AvgIpc) is 2.73. The highest BCUT2D eigenvalue weighted by Crippen LogP contribution is 2.28. The van der Waals surface area contributed by atoms with E-state index in [0.29, 0.717) is 28.2 Å². The lowest BCUT2D eigenvalue weighted by Gasteiger charge is -2.08. The minimum atomic E-state index is -0.366. The summed E-state index contributed by atoms with van der Waals surface area (Å²) in [6.45, 7) is 1.64. The Morgan fingerprint density at radius 3 is 2.24 bits per heavy atom. The molecular weight excluding hydrogens is 266 g/mol. The highest BCUT2D eigenvalue weighted by molar-refractivity contribution is 6.35. The number of hydrogen-bond acceptors (Lipinski definition) is 3. The van der Waals surface area contributed by atoms with E-state index in [1.807, 2.05) is 30.3 Å². The number of nitrogens with one attached hydrogen (secondary N) is 1. The van der Waals surface area contributed by atoms with Crippen LogP contribution in [-0.2, 0) is 9.59 Å². The van der Waals surface area contributed by atoms with Crippen molar-refractivity contribution < 1.29 is 14.3 Å². The Kier molecular flexibility index (Phi) is 3.28. The minimum absolute atomic E-state index is 0.343. The van der Waals surface area contributed by atoms with Crippen molar-refractivity contribution in [2.75, 3.05) is 0 Å². The molecule has 0 fully saturated rings. The molecule has 0 unspecified atom stereocenters. The van der Waals surface area contributed by atoms with Gasteiger partial charge in [-0.1, -0.05) is 30.3 Å². The molecule has 21 heavy (non-hydrogen) atoms. The zero-order chi connectivity index (χ0) is 14.8. The van der Waals surface area contributed by atoms with Gasteiger partial charge >= 0.3 is 0 Å². The summed E-state index contributed by atoms with van der Waals surface area (Å²) in [7, 11) is 0. The number of para-hydroxylation sites is 1. The lowest BCUT2D eigenvalue weighted by molar-refractivity contribution is -0.123. The van der Waals surface area contributed by atoms with Crippen molar-refractivity contribution in [3.8, 4) is 11.5 Å². The quantitative estimate of drug-likeness (QED) is 0.879. The summed E-state index contributed by atoms with van der Waals surface area (Å²) >= 11 is 0. The Morgan fingerprint density at radius 2 is 1.57 bits per heavy atom. The predicted octanol–water partition coefficient (Wildman–Crippen LogP) is 2.91. The first kappa shape index (κ1) is 13.1. The van der Waals surface area contributed by atoms with Gasteiger partial charge in [0.25, 0.3) is 11.8 Å². The van der Waals surface area contributed by atoms with Gasteiger partial charge in [-0.3, -0.25) is 14.9 Å². The standard InChI is InChI=1S/C17H13NO3/c1-11-15(17(20)18-16(11)19)12-6-5-9-14(10-12)21-13-7-3-2-4-8-13/h2-10H,1H3,(H,18,19,20). The molecule has 4 nitrogen and oxygen atoms in total. The van der Waals surface area contributed by atoms with E-state index in [1.165, 1.54) is 0 Å². The van der Waals surface area contributed by atoms with Crippen LogP contribution in [0.4, 0.5) is 0 Å². The number of ether oxygens (including phenoxy) is 1. The highest BCUT2D eigenvalue weighted by atomic mass is 16.5. The summed E-state index contributed by atoms with van der Waals surface area (Å²) in [5, 5.41) is 2.29. The van der Waals surface area contributed by atoms with Crippen LogP contribution in [0.2, 0.25) is 0 Å². The second-order valence-electron chi connectivity index (χ2n) is 4.73. The molecule has 0 saturated carbocycles. The van der Waals surface area contributed by atoms with Gasteiger partial charge in [0.15, 0.2) is 0 Å². The van der Waals surface area contributed by atoms with Crippen LogP contribution < -0.4 is 10.1 Å². The Balaban J connectivity index is 1.94. The van der Waals surface area contributed by atoms with Gasteiger partial charge in [-0.25, -0.2) is 0 Å². The van der Waals surface area contributed by atoms with E-state index < -0.39 is 0 Å². The normalized spacial score (nSPS) is 14.3. The molecule has 3 rings (SSSR count). The summed E-state index contributed by atoms with van der Waals surface area (Å²) < 4.78 is 5.74. The van der Waals surface area contributed by atoms with Gasteiger partial charge in [-0.2, -0.15) is 0 Å². The second kappa shape index (κ2) is 5.25. The fraction of sp³-hybridized carbons (Fsp3) is 0.0588. The van der Waals surface area contributed by atoms with E-state index in [1.54, 1.807) is 31.2 Å². The van der Waals surface area contributed by atoms with Gasteiger partial charge in [0, 0.05) is 5.57 Å². The van der Waals surface area contributed by atoms with E-state index >= 15 is 0 Å². The molecule has 0 spiro atoms. The maximum atomic E-state index is 11.8. The van der Waals surface area contributed by atoms with E-state index in [-0.39, 0.29) is 11.8 Å². The van der Waals surface area contributed by atoms with Crippen LogP contribution in [0, 0.1) is 0 Å². The molecule has 4 heteroatoms. The molecule has 2 amide bonds. The third kappa shape index (κ3) is 2.56. The molecule has 0 aromatic heterocycles. The van der Waals surface area contributed by atoms with E-state index in [2.05, 4.69) is 5.32 Å². The molecular formula is C17H13NO3. The molecule has 0 aliphatic carbocycles. The van der Waals surface area contributed by atoms with Crippen LogP contribution in [-0.4, -0.2) is 11.8 Å². The van der Waals surface area contributed by atoms with Crippen LogP contribution in [0.3, 0.4) is 0 Å². The van der Waals surface area contributed by atoms with Crippen molar-refractivity contribution in [1.29, 1.82) is 0 Å². The van der Waals surface area contributed by atoms with Crippen molar-refractivity contribution in [1.82, 2.24) is 5.32 Å². The molecule has 1 aliphatic heterocycles. The number of rotatable bonds is 3. The minimum Gasteiger partial charge on any atom is -0.457 e. The number of benzene rings is 2. The SMILES string of the molecule is CC1=C(c2cccc(Oc3ccccc3)c2)C(=O)NC1=O. The molecule has 0 radical (unpaired) electrons. The van der Waals surface area contributed by atoms with E-state index in [4.69, 9.17) is 4.74 Å². The summed E-state index contributed by atoms with van der Waals surface area (Å²) in [6, 6.07) is 16.5. The van der Waals surface area contributed by atoms with Gasteiger partial charge < -0.3 is 4.74 Å². The van der Waals surface area contributed by atoms with Gasteiger partial charge in [0.1, 0.15) is 11.5 Å². The third-order valence-electron chi connectivity index (χ3n) is 3.27. The zero-order valence-corrected chi connectivity index (χ0v) is 11.4. The Hall–Kier alpha value is -2.88. The molecule has 104 valence electrons. The monoisotopic (exact) mass is 279 g/mol. The molecule has 2 aromatic carbocycles. The lowest BCUT2D eigenvalue weighted by Crippen LogP contribution is -2.22. The number of amides is 2. The lowest BCUT2D eigenvalue weighted by atomic mass is 10.0. The summed E-state index contributed by atoms with van der Waals surface area (Å²) in [4.78, 5) is 23.4. The van der Waals surface area contributed by atoms with Crippen molar-refractivity contribution in [2.24, 2.45) is 0 Å². The van der Waals surface area contributed by atoms with Crippen molar-refractivity contribution >= 4 is 17.4 Å². The number of carbonyl (C=O) groups excluding carboxylic acids is 2. The van der Waals surface area contributed by atoms with Crippen molar-refractivity contribution in [2.45, 2.75) is 6.92 Å². The van der Waals surface area contributed by atoms with E-state index in [9.17, 15) is 9.59 Å². The van der Waals surface area contributed by atoms with Gasteiger partial charge in [0.2, 0.25) is 0 Å². The van der Waals surface area contributed by atoms with Gasteiger partial charge in [-0.15, -0.1) is 0 Å². The van der Waals surface area contributed by atoms with Gasteiger partial charge in [0.05, 0.1) is 5.57 Å². The molecule has 1 N–H and O–H groups in total. The van der Waals surface area contributed by atoms with E-state index in [0.717, 1.165) is 0 Å². The third-order valence-corrected chi connectivity index (χ3v) is 3.27. The highest BCUT2D eigenvalue weighted by Gasteiger charge is 2.28. The predicted molar refractivity (Wildman–Crippen MR) is 78.7 cm³/mol. The smallest absolute Gasteiger partial charge is 0.259 e. The maximum absolute atomic E-state index is 11.8. The first-order chi connectivity index (χ1) is 10.1. The molecule has 1 aliphatic rings. The first-order valence-electron chi connectivity index (χ1n) is 6.55. The summed E-state index contributed by atoms with van der Waals surface area (Å²) in [5.74, 6) is 0.622. The first-order valence-corrected chi connectivity index (χ1v) is 6.55. The molecule has 0 bridgehead atoms. The average molecular weight is 279 g/mol. The molecule has 0 saturated heterocycles. The van der Waals surface area contributed by atoms with Crippen LogP contribution in [0.15, 0.2) is 60.2 Å². The van der Waals surface area contributed by atoms with Crippen LogP contribution in [0.1, 0.15) is 12.5 Å². The van der Waals surface area contributed by atoms with Crippen molar-refractivity contribution in [3.63, 3.8) is 0 Å². The maximum Gasteiger partial charge on any atom is 0.259 e. The zero-order valence-electron chi connectivity index (χ0n) is 11.4. The van der Waals surface area contributed by atoms with Gasteiger partial charge in [-0.05, 0) is 36.8 Å². The Labute approximate surface area is 122 Å². The number of carbonyl (C=O) groups is 2. The molecule has 0 atom stereocenters. The van der Waals surface area contributed by atoms with Crippen LogP contribution in [0.5, 0.6) is 11.5 Å².